The van der Waals surface area contributed by atoms with Crippen molar-refractivity contribution in [1.29, 1.82) is 0 Å². The second kappa shape index (κ2) is 6.37. The number of hydrogen-bond donors (Lipinski definition) is 2. The summed E-state index contributed by atoms with van der Waals surface area (Å²) in [6.45, 7) is 1.68. The molecule has 4 rings (SSSR count). The number of aliphatic hydroxyl groups is 1. The Bertz CT molecular complexity index is 827. The van der Waals surface area contributed by atoms with E-state index < -0.39 is 6.10 Å². The van der Waals surface area contributed by atoms with Crippen LogP contribution in [0.25, 0.3) is 10.2 Å². The Kier molecular flexibility index (Phi) is 4.08. The summed E-state index contributed by atoms with van der Waals surface area (Å²) < 4.78 is 0. The fourth-order valence-corrected chi connectivity index (χ4v) is 4.11. The van der Waals surface area contributed by atoms with Crippen molar-refractivity contribution in [2.45, 2.75) is 18.9 Å². The third-order valence-corrected chi connectivity index (χ3v) is 5.56. The maximum absolute atomic E-state index is 10.6. The van der Waals surface area contributed by atoms with Gasteiger partial charge in [0, 0.05) is 13.1 Å². The number of thiophene rings is 1. The van der Waals surface area contributed by atoms with Gasteiger partial charge in [-0.15, -0.1) is 11.3 Å². The van der Waals surface area contributed by atoms with Crippen LogP contribution < -0.4 is 10.6 Å². The van der Waals surface area contributed by atoms with E-state index in [-0.39, 0.29) is 5.92 Å². The average molecular weight is 340 g/mol. The van der Waals surface area contributed by atoms with Gasteiger partial charge in [-0.1, -0.05) is 30.3 Å². The van der Waals surface area contributed by atoms with Crippen molar-refractivity contribution in [2.75, 3.05) is 23.7 Å². The number of aromatic nitrogens is 2. The van der Waals surface area contributed by atoms with Crippen molar-refractivity contribution in [3.63, 3.8) is 0 Å². The number of aliphatic hydroxyl groups excluding tert-OH is 1. The second-order valence-electron chi connectivity index (χ2n) is 6.23. The van der Waals surface area contributed by atoms with Gasteiger partial charge in [0.25, 0.3) is 0 Å². The molecule has 0 spiro atoms. The standard InChI is InChI=1S/C18H20N4OS/c19-16-14-8-11-24-17(14)21-18(20-16)22-9-6-13(7-10-22)15(23)12-4-2-1-3-5-12/h1-5,8,11,13,15,23H,6-7,9-10H2,(H2,19,20,21). The van der Waals surface area contributed by atoms with Gasteiger partial charge in [0.05, 0.1) is 11.5 Å². The van der Waals surface area contributed by atoms with Gasteiger partial charge in [0.1, 0.15) is 10.6 Å². The highest BCUT2D eigenvalue weighted by molar-refractivity contribution is 7.16. The Labute approximate surface area is 144 Å². The van der Waals surface area contributed by atoms with Gasteiger partial charge in [-0.25, -0.2) is 4.98 Å². The topological polar surface area (TPSA) is 75.3 Å². The largest absolute Gasteiger partial charge is 0.388 e. The van der Waals surface area contributed by atoms with Crippen molar-refractivity contribution in [3.8, 4) is 0 Å². The van der Waals surface area contributed by atoms with Crippen molar-refractivity contribution >= 4 is 33.3 Å². The zero-order valence-corrected chi connectivity index (χ0v) is 14.1. The summed E-state index contributed by atoms with van der Waals surface area (Å²) in [5.41, 5.74) is 7.05. The SMILES string of the molecule is Nc1nc(N2CCC(C(O)c3ccccc3)CC2)nc2sccc12. The Morgan fingerprint density at radius 3 is 2.62 bits per heavy atom. The summed E-state index contributed by atoms with van der Waals surface area (Å²) in [6.07, 6.45) is 1.43. The minimum Gasteiger partial charge on any atom is -0.388 e. The molecule has 24 heavy (non-hydrogen) atoms. The molecule has 0 saturated carbocycles. The average Bonchev–Trinajstić information content (AvgIpc) is 3.11. The number of benzene rings is 1. The second-order valence-corrected chi connectivity index (χ2v) is 7.12. The first-order chi connectivity index (χ1) is 11.7. The highest BCUT2D eigenvalue weighted by atomic mass is 32.1. The van der Waals surface area contributed by atoms with Gasteiger partial charge in [-0.05, 0) is 35.8 Å². The summed E-state index contributed by atoms with van der Waals surface area (Å²) in [6, 6.07) is 11.9. The molecule has 3 N–H and O–H groups in total. The lowest BCUT2D eigenvalue weighted by Crippen LogP contribution is -2.36. The monoisotopic (exact) mass is 340 g/mol. The molecule has 1 aliphatic rings. The molecule has 3 aromatic rings. The first-order valence-corrected chi connectivity index (χ1v) is 9.09. The molecule has 1 aliphatic heterocycles. The zero-order valence-electron chi connectivity index (χ0n) is 13.3. The quantitative estimate of drug-likeness (QED) is 0.766. The molecular formula is C18H20N4OS. The fourth-order valence-electron chi connectivity index (χ4n) is 3.35. The predicted octanol–water partition coefficient (Wildman–Crippen LogP) is 3.22. The van der Waals surface area contributed by atoms with E-state index in [4.69, 9.17) is 5.73 Å². The van der Waals surface area contributed by atoms with Gasteiger partial charge in [-0.2, -0.15) is 4.98 Å². The molecule has 1 fully saturated rings. The van der Waals surface area contributed by atoms with E-state index in [0.717, 1.165) is 41.7 Å². The van der Waals surface area contributed by atoms with Crippen LogP contribution in [0.2, 0.25) is 0 Å². The molecule has 124 valence electrons. The lowest BCUT2D eigenvalue weighted by molar-refractivity contribution is 0.0928. The summed E-state index contributed by atoms with van der Waals surface area (Å²) in [5, 5.41) is 13.5. The minimum absolute atomic E-state index is 0.270. The van der Waals surface area contributed by atoms with Gasteiger partial charge in [-0.3, -0.25) is 0 Å². The molecule has 0 aliphatic carbocycles. The molecule has 0 amide bonds. The van der Waals surface area contributed by atoms with Crippen LogP contribution in [0.1, 0.15) is 24.5 Å². The molecule has 2 aromatic heterocycles. The van der Waals surface area contributed by atoms with Crippen LogP contribution in [-0.2, 0) is 0 Å². The van der Waals surface area contributed by atoms with Crippen LogP contribution in [0.5, 0.6) is 0 Å². The molecule has 0 radical (unpaired) electrons. The summed E-state index contributed by atoms with van der Waals surface area (Å²) in [5.74, 6) is 1.52. The lowest BCUT2D eigenvalue weighted by atomic mass is 9.87. The first-order valence-electron chi connectivity index (χ1n) is 8.21. The van der Waals surface area contributed by atoms with E-state index in [1.165, 1.54) is 0 Å². The van der Waals surface area contributed by atoms with Gasteiger partial charge >= 0.3 is 0 Å². The highest BCUT2D eigenvalue weighted by Gasteiger charge is 2.27. The van der Waals surface area contributed by atoms with Crippen LogP contribution in [0.4, 0.5) is 11.8 Å². The van der Waals surface area contributed by atoms with Crippen LogP contribution in [0.15, 0.2) is 41.8 Å². The van der Waals surface area contributed by atoms with E-state index in [1.807, 2.05) is 41.8 Å². The maximum atomic E-state index is 10.6. The van der Waals surface area contributed by atoms with Gasteiger partial charge < -0.3 is 15.7 Å². The van der Waals surface area contributed by atoms with Crippen LogP contribution >= 0.6 is 11.3 Å². The van der Waals surface area contributed by atoms with Crippen molar-refractivity contribution in [2.24, 2.45) is 5.92 Å². The summed E-state index contributed by atoms with van der Waals surface area (Å²) in [7, 11) is 0. The van der Waals surface area contributed by atoms with Crippen LogP contribution in [-0.4, -0.2) is 28.2 Å². The smallest absolute Gasteiger partial charge is 0.228 e. The Morgan fingerprint density at radius 2 is 1.88 bits per heavy atom. The number of piperidine rings is 1. The van der Waals surface area contributed by atoms with Crippen LogP contribution in [0, 0.1) is 5.92 Å². The van der Waals surface area contributed by atoms with Crippen molar-refractivity contribution < 1.29 is 5.11 Å². The first kappa shape index (κ1) is 15.4. The maximum Gasteiger partial charge on any atom is 0.228 e. The number of nitrogens with zero attached hydrogens (tertiary/aromatic N) is 3. The van der Waals surface area contributed by atoms with E-state index >= 15 is 0 Å². The van der Waals surface area contributed by atoms with Crippen molar-refractivity contribution in [3.05, 3.63) is 47.3 Å². The molecule has 1 saturated heterocycles. The van der Waals surface area contributed by atoms with E-state index in [0.29, 0.717) is 11.8 Å². The number of anilines is 2. The van der Waals surface area contributed by atoms with E-state index in [2.05, 4.69) is 14.9 Å². The Morgan fingerprint density at radius 1 is 1.12 bits per heavy atom. The molecule has 3 heterocycles. The van der Waals surface area contributed by atoms with Gasteiger partial charge in [0.15, 0.2) is 0 Å². The normalized spacial score (nSPS) is 17.3. The molecular weight excluding hydrogens is 320 g/mol. The number of nitrogen functional groups attached to an aromatic ring is 1. The van der Waals surface area contributed by atoms with Crippen molar-refractivity contribution in [1.82, 2.24) is 9.97 Å². The van der Waals surface area contributed by atoms with Crippen LogP contribution in [0.3, 0.4) is 0 Å². The van der Waals surface area contributed by atoms with E-state index in [1.54, 1.807) is 11.3 Å². The molecule has 0 bridgehead atoms. The number of hydrogen-bond acceptors (Lipinski definition) is 6. The number of rotatable bonds is 3. The Hall–Kier alpha value is -2.18. The molecule has 5 nitrogen and oxygen atoms in total. The minimum atomic E-state index is -0.404. The molecule has 1 aromatic carbocycles. The Balaban J connectivity index is 1.47. The highest BCUT2D eigenvalue weighted by Crippen LogP contribution is 2.33. The zero-order chi connectivity index (χ0) is 16.5. The third kappa shape index (κ3) is 2.83. The van der Waals surface area contributed by atoms with E-state index in [9.17, 15) is 5.11 Å². The third-order valence-electron chi connectivity index (χ3n) is 4.75. The lowest BCUT2D eigenvalue weighted by Gasteiger charge is -2.34. The summed E-state index contributed by atoms with van der Waals surface area (Å²) >= 11 is 1.58. The number of nitrogens with two attached hydrogens (primary N) is 1. The number of fused-ring (bicyclic) bond motifs is 1. The summed E-state index contributed by atoms with van der Waals surface area (Å²) in [4.78, 5) is 12.2. The molecule has 6 heteroatoms. The predicted molar refractivity (Wildman–Crippen MR) is 98.2 cm³/mol. The molecule has 1 unspecified atom stereocenters. The van der Waals surface area contributed by atoms with Gasteiger partial charge in [0.2, 0.25) is 5.95 Å². The molecule has 1 atom stereocenters. The fraction of sp³-hybridized carbons (Fsp3) is 0.333.